The van der Waals surface area contributed by atoms with Crippen molar-refractivity contribution in [2.45, 2.75) is 45.1 Å². The van der Waals surface area contributed by atoms with Gasteiger partial charge in [0.25, 0.3) is 0 Å². The quantitative estimate of drug-likeness (QED) is 0.512. The molecule has 1 saturated heterocycles. The number of nitrogens with one attached hydrogen (secondary N) is 1. The van der Waals surface area contributed by atoms with Gasteiger partial charge in [-0.3, -0.25) is 19.3 Å². The predicted molar refractivity (Wildman–Crippen MR) is 121 cm³/mol. The summed E-state index contributed by atoms with van der Waals surface area (Å²) in [6.07, 6.45) is 7.88. The van der Waals surface area contributed by atoms with Gasteiger partial charge in [-0.2, -0.15) is 0 Å². The van der Waals surface area contributed by atoms with Gasteiger partial charge in [0, 0.05) is 6.42 Å². The molecular weight excluding hydrogens is 424 g/mol. The largest absolute Gasteiger partial charge is 0.300 e. The highest BCUT2D eigenvalue weighted by molar-refractivity contribution is 7.15. The molecule has 1 aromatic carbocycles. The first kappa shape index (κ1) is 21.0. The number of hydrogen-bond donors (Lipinski definition) is 1. The van der Waals surface area contributed by atoms with E-state index in [1.165, 1.54) is 16.2 Å². The number of carbonyl (C=O) groups is 3. The van der Waals surface area contributed by atoms with E-state index in [1.807, 2.05) is 30.3 Å². The number of aryl methyl sites for hydroxylation is 1. The smallest absolute Gasteiger partial charge is 0.234 e. The van der Waals surface area contributed by atoms with Crippen LogP contribution in [0.2, 0.25) is 0 Å². The van der Waals surface area contributed by atoms with Crippen LogP contribution in [0.5, 0.6) is 0 Å². The molecule has 2 aromatic rings. The van der Waals surface area contributed by atoms with Crippen molar-refractivity contribution < 1.29 is 14.4 Å². The number of likely N-dealkylation sites (tertiary alicyclic amines) is 1. The molecule has 7 nitrogen and oxygen atoms in total. The molecule has 32 heavy (non-hydrogen) atoms. The number of fused-ring (bicyclic) bond motifs is 1. The maximum absolute atomic E-state index is 13.5. The minimum atomic E-state index is -0.635. The van der Waals surface area contributed by atoms with Crippen LogP contribution in [0.4, 0.5) is 5.13 Å². The zero-order chi connectivity index (χ0) is 22.2. The van der Waals surface area contributed by atoms with Gasteiger partial charge in [-0.25, -0.2) is 0 Å². The normalized spacial score (nSPS) is 27.0. The molecule has 4 aliphatic rings. The van der Waals surface area contributed by atoms with Crippen molar-refractivity contribution in [1.29, 1.82) is 0 Å². The SMILES string of the molecule is CCCc1nnc(NC(=O)CC(c2ccccc2)N2C(=O)C3C4C=CC(CC4)C3C2=O)s1. The monoisotopic (exact) mass is 450 g/mol. The van der Waals surface area contributed by atoms with E-state index in [0.29, 0.717) is 5.13 Å². The van der Waals surface area contributed by atoms with Crippen LogP contribution in [-0.4, -0.2) is 32.8 Å². The van der Waals surface area contributed by atoms with Crippen molar-refractivity contribution >= 4 is 34.2 Å². The summed E-state index contributed by atoms with van der Waals surface area (Å²) >= 11 is 1.36. The van der Waals surface area contributed by atoms with Gasteiger partial charge in [0.15, 0.2) is 0 Å². The summed E-state index contributed by atoms with van der Waals surface area (Å²) < 4.78 is 0. The second-order valence-electron chi connectivity index (χ2n) is 8.82. The summed E-state index contributed by atoms with van der Waals surface area (Å²) in [5.41, 5.74) is 0.784. The van der Waals surface area contributed by atoms with E-state index in [0.717, 1.165) is 36.3 Å². The Labute approximate surface area is 190 Å². The van der Waals surface area contributed by atoms with Gasteiger partial charge in [-0.1, -0.05) is 60.7 Å². The molecule has 3 aliphatic carbocycles. The zero-order valence-corrected chi connectivity index (χ0v) is 18.8. The fraction of sp³-hybridized carbons (Fsp3) is 0.458. The summed E-state index contributed by atoms with van der Waals surface area (Å²) in [6, 6.07) is 8.73. The highest BCUT2D eigenvalue weighted by Gasteiger charge is 2.58. The minimum absolute atomic E-state index is 0.00755. The number of amides is 3. The molecule has 2 fully saturated rings. The van der Waals surface area contributed by atoms with Gasteiger partial charge in [-0.15, -0.1) is 10.2 Å². The third-order valence-corrected chi connectivity index (χ3v) is 7.74. The average molecular weight is 451 g/mol. The number of imide groups is 1. The number of benzene rings is 1. The van der Waals surface area contributed by atoms with Crippen LogP contribution in [0, 0.1) is 23.7 Å². The highest BCUT2D eigenvalue weighted by Crippen LogP contribution is 2.51. The Bertz CT molecular complexity index is 1030. The van der Waals surface area contributed by atoms with Crippen molar-refractivity contribution in [2.75, 3.05) is 5.32 Å². The van der Waals surface area contributed by atoms with E-state index in [-0.39, 0.29) is 47.8 Å². The van der Waals surface area contributed by atoms with Crippen molar-refractivity contribution in [3.05, 3.63) is 53.1 Å². The maximum Gasteiger partial charge on any atom is 0.234 e. The fourth-order valence-corrected chi connectivity index (χ4v) is 6.26. The first-order valence-corrected chi connectivity index (χ1v) is 12.1. The first-order valence-electron chi connectivity index (χ1n) is 11.3. The van der Waals surface area contributed by atoms with Gasteiger partial charge in [-0.05, 0) is 36.7 Å². The van der Waals surface area contributed by atoms with Crippen molar-refractivity contribution in [2.24, 2.45) is 23.7 Å². The molecule has 3 amide bonds. The second kappa shape index (κ2) is 8.58. The van der Waals surface area contributed by atoms with Crippen LogP contribution >= 0.6 is 11.3 Å². The van der Waals surface area contributed by atoms with Gasteiger partial charge < -0.3 is 5.32 Å². The molecule has 1 saturated carbocycles. The van der Waals surface area contributed by atoms with Crippen molar-refractivity contribution in [1.82, 2.24) is 15.1 Å². The molecule has 0 radical (unpaired) electrons. The Kier molecular flexibility index (Phi) is 5.63. The minimum Gasteiger partial charge on any atom is -0.300 e. The lowest BCUT2D eigenvalue weighted by atomic mass is 9.63. The van der Waals surface area contributed by atoms with Gasteiger partial charge >= 0.3 is 0 Å². The Hall–Kier alpha value is -2.87. The molecule has 0 spiro atoms. The van der Waals surface area contributed by atoms with E-state index in [9.17, 15) is 14.4 Å². The molecule has 8 heteroatoms. The number of anilines is 1. The van der Waals surface area contributed by atoms with Crippen LogP contribution in [0.3, 0.4) is 0 Å². The topological polar surface area (TPSA) is 92.3 Å². The van der Waals surface area contributed by atoms with Crippen LogP contribution in [0.1, 0.15) is 49.2 Å². The Morgan fingerprint density at radius 3 is 2.34 bits per heavy atom. The lowest BCUT2D eigenvalue weighted by molar-refractivity contribution is -0.143. The van der Waals surface area contributed by atoms with Gasteiger partial charge in [0.05, 0.1) is 24.3 Å². The standard InChI is InChI=1S/C24H26N4O3S/c1-2-6-19-26-27-24(32-19)25-18(29)13-17(14-7-4-3-5-8-14)28-22(30)20-15-9-10-16(12-11-15)21(20)23(28)31/h3-5,7-10,15-17,20-21H,2,6,11-13H2,1H3,(H,25,27,29). The fourth-order valence-electron chi connectivity index (χ4n) is 5.40. The van der Waals surface area contributed by atoms with Crippen molar-refractivity contribution in [3.8, 4) is 0 Å². The van der Waals surface area contributed by atoms with Crippen LogP contribution < -0.4 is 5.32 Å². The van der Waals surface area contributed by atoms with Gasteiger partial charge in [0.1, 0.15) is 5.01 Å². The maximum atomic E-state index is 13.5. The second-order valence-corrected chi connectivity index (χ2v) is 9.88. The first-order chi connectivity index (χ1) is 15.6. The molecule has 5 unspecified atom stereocenters. The third kappa shape index (κ3) is 3.66. The lowest BCUT2D eigenvalue weighted by Crippen LogP contribution is -2.38. The summed E-state index contributed by atoms with van der Waals surface area (Å²) in [5, 5.41) is 12.3. The molecule has 6 rings (SSSR count). The molecule has 2 bridgehead atoms. The molecule has 166 valence electrons. The summed E-state index contributed by atoms with van der Waals surface area (Å²) in [4.78, 5) is 41.3. The molecule has 2 heterocycles. The molecule has 1 N–H and O–H groups in total. The van der Waals surface area contributed by atoms with E-state index in [4.69, 9.17) is 0 Å². The number of nitrogens with zero attached hydrogens (tertiary/aromatic N) is 3. The Balaban J connectivity index is 1.40. The van der Waals surface area contributed by atoms with E-state index in [1.54, 1.807) is 0 Å². The van der Waals surface area contributed by atoms with Crippen molar-refractivity contribution in [3.63, 3.8) is 0 Å². The van der Waals surface area contributed by atoms with E-state index >= 15 is 0 Å². The van der Waals surface area contributed by atoms with Crippen LogP contribution in [0.25, 0.3) is 0 Å². The summed E-state index contributed by atoms with van der Waals surface area (Å²) in [6.45, 7) is 2.06. The number of allylic oxidation sites excluding steroid dienone is 2. The lowest BCUT2D eigenvalue weighted by Gasteiger charge is -2.38. The predicted octanol–water partition coefficient (Wildman–Crippen LogP) is 3.76. The molecular formula is C24H26N4O3S. The number of rotatable bonds is 7. The Morgan fingerprint density at radius 2 is 1.75 bits per heavy atom. The number of hydrogen-bond acceptors (Lipinski definition) is 6. The number of aromatic nitrogens is 2. The average Bonchev–Trinajstić information content (AvgIpc) is 3.36. The third-order valence-electron chi connectivity index (χ3n) is 6.85. The summed E-state index contributed by atoms with van der Waals surface area (Å²) in [5.74, 6) is -0.899. The van der Waals surface area contributed by atoms with Gasteiger partial charge in [0.2, 0.25) is 22.9 Å². The van der Waals surface area contributed by atoms with Crippen LogP contribution in [-0.2, 0) is 20.8 Å². The Morgan fingerprint density at radius 1 is 1.09 bits per heavy atom. The zero-order valence-electron chi connectivity index (χ0n) is 17.9. The molecule has 1 aromatic heterocycles. The van der Waals surface area contributed by atoms with E-state index in [2.05, 4.69) is 34.6 Å². The number of carbonyl (C=O) groups excluding carboxylic acids is 3. The summed E-state index contributed by atoms with van der Waals surface area (Å²) in [7, 11) is 0. The highest BCUT2D eigenvalue weighted by atomic mass is 32.1. The molecule has 1 aliphatic heterocycles. The van der Waals surface area contributed by atoms with Crippen LogP contribution in [0.15, 0.2) is 42.5 Å². The molecule has 5 atom stereocenters. The van der Waals surface area contributed by atoms with E-state index < -0.39 is 6.04 Å².